The zero-order valence-corrected chi connectivity index (χ0v) is 14.4. The molecule has 1 aliphatic rings. The van der Waals surface area contributed by atoms with Gasteiger partial charge in [0.2, 0.25) is 0 Å². The predicted octanol–water partition coefficient (Wildman–Crippen LogP) is 2.16. The van der Waals surface area contributed by atoms with Crippen LogP contribution in [0.5, 0.6) is 5.75 Å². The molecule has 2 heterocycles. The lowest BCUT2D eigenvalue weighted by Gasteiger charge is -2.33. The van der Waals surface area contributed by atoms with E-state index < -0.39 is 0 Å². The third-order valence-corrected chi connectivity index (χ3v) is 4.30. The highest BCUT2D eigenvalue weighted by atomic mass is 16.5. The number of carbonyl (C=O) groups is 1. The van der Waals surface area contributed by atoms with E-state index in [1.54, 1.807) is 6.26 Å². The Kier molecular flexibility index (Phi) is 6.09. The van der Waals surface area contributed by atoms with Crippen molar-refractivity contribution in [3.8, 4) is 5.75 Å². The van der Waals surface area contributed by atoms with Gasteiger partial charge in [0.15, 0.2) is 6.61 Å². The number of hydrogen-bond acceptors (Lipinski definition) is 5. The molecular formula is C19H24N2O4. The Balaban J connectivity index is 1.53. The van der Waals surface area contributed by atoms with Gasteiger partial charge in [-0.2, -0.15) is 0 Å². The van der Waals surface area contributed by atoms with Gasteiger partial charge in [-0.3, -0.25) is 9.69 Å². The number of hydrogen-bond donors (Lipinski definition) is 1. The van der Waals surface area contributed by atoms with Crippen molar-refractivity contribution in [3.05, 3.63) is 54.0 Å². The number of furan rings is 1. The van der Waals surface area contributed by atoms with Crippen LogP contribution in [0.1, 0.15) is 17.4 Å². The first-order valence-electron chi connectivity index (χ1n) is 8.54. The molecule has 1 aliphatic heterocycles. The van der Waals surface area contributed by atoms with Crippen LogP contribution in [0.3, 0.4) is 0 Å². The largest absolute Gasteiger partial charge is 0.484 e. The molecule has 0 spiro atoms. The summed E-state index contributed by atoms with van der Waals surface area (Å²) in [6.45, 7) is 5.46. The molecule has 1 fully saturated rings. The van der Waals surface area contributed by atoms with E-state index >= 15 is 0 Å². The highest BCUT2D eigenvalue weighted by molar-refractivity contribution is 5.77. The average molecular weight is 344 g/mol. The Morgan fingerprint density at radius 1 is 1.24 bits per heavy atom. The zero-order valence-electron chi connectivity index (χ0n) is 14.4. The van der Waals surface area contributed by atoms with E-state index in [0.29, 0.717) is 19.8 Å². The van der Waals surface area contributed by atoms with Gasteiger partial charge in [-0.25, -0.2) is 0 Å². The smallest absolute Gasteiger partial charge is 0.258 e. The van der Waals surface area contributed by atoms with E-state index in [1.807, 2.05) is 43.3 Å². The van der Waals surface area contributed by atoms with Gasteiger partial charge in [0.05, 0.1) is 25.5 Å². The average Bonchev–Trinajstić information content (AvgIpc) is 3.16. The first-order valence-corrected chi connectivity index (χ1v) is 8.54. The fourth-order valence-electron chi connectivity index (χ4n) is 2.90. The number of nitrogens with one attached hydrogen (secondary N) is 1. The summed E-state index contributed by atoms with van der Waals surface area (Å²) in [4.78, 5) is 14.4. The second-order valence-electron chi connectivity index (χ2n) is 6.04. The first kappa shape index (κ1) is 17.5. The van der Waals surface area contributed by atoms with E-state index in [0.717, 1.165) is 30.2 Å². The summed E-state index contributed by atoms with van der Waals surface area (Å²) in [7, 11) is 0. The van der Waals surface area contributed by atoms with Gasteiger partial charge in [0.1, 0.15) is 11.5 Å². The molecule has 3 rings (SSSR count). The molecule has 1 N–H and O–H groups in total. The fraction of sp³-hybridized carbons (Fsp3) is 0.421. The summed E-state index contributed by atoms with van der Waals surface area (Å²) >= 11 is 0. The minimum absolute atomic E-state index is 0.00115. The first-order chi connectivity index (χ1) is 12.2. The monoisotopic (exact) mass is 344 g/mol. The summed E-state index contributed by atoms with van der Waals surface area (Å²) in [6.07, 6.45) is 1.66. The van der Waals surface area contributed by atoms with Crippen molar-refractivity contribution >= 4 is 5.91 Å². The van der Waals surface area contributed by atoms with Gasteiger partial charge in [-0.15, -0.1) is 0 Å². The van der Waals surface area contributed by atoms with Crippen molar-refractivity contribution in [3.63, 3.8) is 0 Å². The van der Waals surface area contributed by atoms with Gasteiger partial charge in [-0.05, 0) is 30.7 Å². The van der Waals surface area contributed by atoms with Crippen molar-refractivity contribution in [2.45, 2.75) is 13.0 Å². The van der Waals surface area contributed by atoms with Gasteiger partial charge in [-0.1, -0.05) is 18.2 Å². The molecule has 0 aliphatic carbocycles. The standard InChI is InChI=1S/C19H24N2O4/c1-15-5-2-3-6-17(15)25-14-19(22)20-13-16(18-7-4-10-24-18)21-8-11-23-12-9-21/h2-7,10,16H,8-9,11-14H2,1H3,(H,20,22). The Labute approximate surface area is 147 Å². The van der Waals surface area contributed by atoms with Gasteiger partial charge >= 0.3 is 0 Å². The van der Waals surface area contributed by atoms with Crippen LogP contribution in [0.15, 0.2) is 47.1 Å². The topological polar surface area (TPSA) is 63.9 Å². The number of carbonyl (C=O) groups excluding carboxylic acids is 1. The molecule has 1 amide bonds. The number of nitrogens with zero attached hydrogens (tertiary/aromatic N) is 1. The number of rotatable bonds is 7. The highest BCUT2D eigenvalue weighted by Gasteiger charge is 2.25. The molecule has 134 valence electrons. The van der Waals surface area contributed by atoms with Crippen LogP contribution in [0, 0.1) is 6.92 Å². The summed E-state index contributed by atoms with van der Waals surface area (Å²) in [5.74, 6) is 1.43. The summed E-state index contributed by atoms with van der Waals surface area (Å²) in [5.41, 5.74) is 1.01. The van der Waals surface area contributed by atoms with Crippen molar-refractivity contribution in [2.24, 2.45) is 0 Å². The second-order valence-corrected chi connectivity index (χ2v) is 6.04. The number of ether oxygens (including phenoxy) is 2. The second kappa shape index (κ2) is 8.69. The third kappa shape index (κ3) is 4.84. The Hall–Kier alpha value is -2.31. The van der Waals surface area contributed by atoms with Crippen LogP contribution in [-0.4, -0.2) is 50.3 Å². The van der Waals surface area contributed by atoms with Crippen molar-refractivity contribution < 1.29 is 18.7 Å². The SMILES string of the molecule is Cc1ccccc1OCC(=O)NCC(c1ccco1)N1CCOCC1. The molecule has 1 atom stereocenters. The van der Waals surface area contributed by atoms with Crippen molar-refractivity contribution in [1.82, 2.24) is 10.2 Å². The molecule has 1 unspecified atom stereocenters. The third-order valence-electron chi connectivity index (χ3n) is 4.30. The van der Waals surface area contributed by atoms with Crippen LogP contribution in [0.4, 0.5) is 0 Å². The zero-order chi connectivity index (χ0) is 17.5. The minimum Gasteiger partial charge on any atom is -0.484 e. The molecule has 2 aromatic rings. The van der Waals surface area contributed by atoms with Crippen molar-refractivity contribution in [2.75, 3.05) is 39.5 Å². The number of aryl methyl sites for hydroxylation is 1. The highest BCUT2D eigenvalue weighted by Crippen LogP contribution is 2.21. The maximum atomic E-state index is 12.2. The molecule has 25 heavy (non-hydrogen) atoms. The number of para-hydroxylation sites is 1. The number of amides is 1. The summed E-state index contributed by atoms with van der Waals surface area (Å²) in [6, 6.07) is 11.5. The van der Waals surface area contributed by atoms with Crippen LogP contribution in [0.2, 0.25) is 0 Å². The van der Waals surface area contributed by atoms with Crippen molar-refractivity contribution in [1.29, 1.82) is 0 Å². The molecular weight excluding hydrogens is 320 g/mol. The van der Waals surface area contributed by atoms with E-state index in [2.05, 4.69) is 10.2 Å². The Morgan fingerprint density at radius 3 is 2.76 bits per heavy atom. The van der Waals surface area contributed by atoms with Crippen LogP contribution >= 0.6 is 0 Å². The normalized spacial score (nSPS) is 16.4. The van der Waals surface area contributed by atoms with E-state index in [9.17, 15) is 4.79 Å². The molecule has 1 aromatic carbocycles. The van der Waals surface area contributed by atoms with E-state index in [-0.39, 0.29) is 18.6 Å². The quantitative estimate of drug-likeness (QED) is 0.834. The number of benzene rings is 1. The lowest BCUT2D eigenvalue weighted by molar-refractivity contribution is -0.123. The molecule has 6 heteroatoms. The number of morpholine rings is 1. The maximum Gasteiger partial charge on any atom is 0.258 e. The molecule has 1 aromatic heterocycles. The molecule has 6 nitrogen and oxygen atoms in total. The predicted molar refractivity (Wildman–Crippen MR) is 93.5 cm³/mol. The van der Waals surface area contributed by atoms with Gasteiger partial charge in [0.25, 0.3) is 5.91 Å². The lowest BCUT2D eigenvalue weighted by Crippen LogP contribution is -2.44. The minimum atomic E-state index is -0.145. The molecule has 1 saturated heterocycles. The Morgan fingerprint density at radius 2 is 2.04 bits per heavy atom. The van der Waals surface area contributed by atoms with E-state index in [4.69, 9.17) is 13.9 Å². The van der Waals surface area contributed by atoms with Gasteiger partial charge in [0, 0.05) is 19.6 Å². The lowest BCUT2D eigenvalue weighted by atomic mass is 10.1. The molecule has 0 bridgehead atoms. The summed E-state index contributed by atoms with van der Waals surface area (Å²) < 4.78 is 16.6. The van der Waals surface area contributed by atoms with Crippen LogP contribution in [0.25, 0.3) is 0 Å². The van der Waals surface area contributed by atoms with Gasteiger partial charge < -0.3 is 19.2 Å². The molecule has 0 radical (unpaired) electrons. The summed E-state index contributed by atoms with van der Waals surface area (Å²) in [5, 5.41) is 2.95. The van der Waals surface area contributed by atoms with Crippen LogP contribution in [-0.2, 0) is 9.53 Å². The van der Waals surface area contributed by atoms with E-state index in [1.165, 1.54) is 0 Å². The maximum absolute atomic E-state index is 12.2. The fourth-order valence-corrected chi connectivity index (χ4v) is 2.90. The Bertz CT molecular complexity index is 666. The van der Waals surface area contributed by atoms with Crippen LogP contribution < -0.4 is 10.1 Å². The molecule has 0 saturated carbocycles.